The number of methoxy groups -OCH3 is 1. The van der Waals surface area contributed by atoms with Crippen LogP contribution in [0, 0.1) is 0 Å². The molecule has 0 aliphatic heterocycles. The van der Waals surface area contributed by atoms with Crippen molar-refractivity contribution in [2.45, 2.75) is 6.61 Å². The van der Waals surface area contributed by atoms with Crippen LogP contribution in [0.15, 0.2) is 85.2 Å². The van der Waals surface area contributed by atoms with Gasteiger partial charge in [-0.15, -0.1) is 0 Å². The van der Waals surface area contributed by atoms with Gasteiger partial charge in [0.05, 0.1) is 29.9 Å². The highest BCUT2D eigenvalue weighted by molar-refractivity contribution is 6.38. The number of hydrogen-bond acceptors (Lipinski definition) is 6. The van der Waals surface area contributed by atoms with Crippen molar-refractivity contribution in [3.8, 4) is 11.8 Å². The van der Waals surface area contributed by atoms with E-state index < -0.39 is 5.91 Å². The minimum atomic E-state index is -0.403. The molecule has 0 atom stereocenters. The average molecular weight is 657 g/mol. The van der Waals surface area contributed by atoms with E-state index in [4.69, 9.17) is 32.7 Å². The Morgan fingerprint density at radius 3 is 2.30 bits per heavy atom. The summed E-state index contributed by atoms with van der Waals surface area (Å²) in [5.74, 6) is -0.239. The van der Waals surface area contributed by atoms with Gasteiger partial charge >= 0.3 is 0 Å². The van der Waals surface area contributed by atoms with Crippen molar-refractivity contribution >= 4 is 70.0 Å². The maximum atomic E-state index is 13.0. The Morgan fingerprint density at radius 2 is 1.61 bits per heavy atom. The maximum absolute atomic E-state index is 13.0. The van der Waals surface area contributed by atoms with E-state index in [1.54, 1.807) is 50.8 Å². The van der Waals surface area contributed by atoms with Crippen molar-refractivity contribution in [1.29, 1.82) is 0 Å². The standard InChI is InChI=1S/C35H31Cl2N5O4/c1-41(32(44)21-39-31(43)16-13-24-9-7-23(8-10-24)11-12-25-17-19-38-20-18-25)28-15-14-27(36)26(33(28)37)22-46-30-6-4-5-29-34(30)40-35(45-3)42(29)2/h4-20H,21-22H2,1-3H3,(H,39,43). The van der Waals surface area contributed by atoms with Gasteiger partial charge in [-0.3, -0.25) is 19.1 Å². The Kier molecular flexibility index (Phi) is 10.4. The van der Waals surface area contributed by atoms with Crippen molar-refractivity contribution in [1.82, 2.24) is 19.9 Å². The lowest BCUT2D eigenvalue weighted by atomic mass is 10.1. The van der Waals surface area contributed by atoms with Gasteiger partial charge in [-0.05, 0) is 59.2 Å². The number of rotatable bonds is 11. The van der Waals surface area contributed by atoms with E-state index in [1.807, 2.05) is 72.3 Å². The van der Waals surface area contributed by atoms with Crippen LogP contribution in [0.4, 0.5) is 5.69 Å². The quantitative estimate of drug-likeness (QED) is 0.157. The van der Waals surface area contributed by atoms with Gasteiger partial charge in [-0.25, -0.2) is 0 Å². The van der Waals surface area contributed by atoms with Crippen molar-refractivity contribution in [2.24, 2.45) is 7.05 Å². The predicted octanol–water partition coefficient (Wildman–Crippen LogP) is 6.83. The number of benzene rings is 3. The van der Waals surface area contributed by atoms with Crippen LogP contribution in [0.5, 0.6) is 11.8 Å². The summed E-state index contributed by atoms with van der Waals surface area (Å²) >= 11 is 13.2. The minimum absolute atomic E-state index is 0.0368. The molecule has 0 bridgehead atoms. The Hall–Kier alpha value is -5.12. The number of halogens is 2. The highest BCUT2D eigenvalue weighted by atomic mass is 35.5. The Labute approximate surface area is 276 Å². The predicted molar refractivity (Wildman–Crippen MR) is 183 cm³/mol. The lowest BCUT2D eigenvalue weighted by Gasteiger charge is -2.21. The molecule has 0 radical (unpaired) electrons. The second-order valence-corrected chi connectivity index (χ2v) is 11.0. The molecule has 2 heterocycles. The normalized spacial score (nSPS) is 11.3. The Morgan fingerprint density at radius 1 is 0.935 bits per heavy atom. The number of hydrogen-bond donors (Lipinski definition) is 1. The first-order chi connectivity index (χ1) is 22.2. The number of nitrogens with zero attached hydrogens (tertiary/aromatic N) is 4. The first-order valence-corrected chi connectivity index (χ1v) is 15.0. The van der Waals surface area contributed by atoms with E-state index in [-0.39, 0.29) is 24.1 Å². The van der Waals surface area contributed by atoms with Crippen LogP contribution in [-0.4, -0.2) is 47.1 Å². The van der Waals surface area contributed by atoms with Crippen LogP contribution < -0.4 is 19.7 Å². The summed E-state index contributed by atoms with van der Waals surface area (Å²) in [5.41, 5.74) is 5.33. The fourth-order valence-electron chi connectivity index (χ4n) is 4.62. The molecule has 2 amide bonds. The Balaban J connectivity index is 1.17. The van der Waals surface area contributed by atoms with Crippen LogP contribution in [-0.2, 0) is 23.2 Å². The molecule has 0 unspecified atom stereocenters. The number of pyridine rings is 1. The third kappa shape index (κ3) is 7.56. The first-order valence-electron chi connectivity index (χ1n) is 14.2. The average Bonchev–Trinajstić information content (AvgIpc) is 3.41. The van der Waals surface area contributed by atoms with Gasteiger partial charge in [0.25, 0.3) is 6.01 Å². The smallest absolute Gasteiger partial charge is 0.296 e. The molecule has 0 saturated heterocycles. The zero-order valence-electron chi connectivity index (χ0n) is 25.4. The Bertz CT molecular complexity index is 1920. The lowest BCUT2D eigenvalue weighted by Crippen LogP contribution is -2.37. The van der Waals surface area contributed by atoms with Gasteiger partial charge in [0.15, 0.2) is 0 Å². The zero-order valence-corrected chi connectivity index (χ0v) is 26.9. The number of amides is 2. The third-order valence-electron chi connectivity index (χ3n) is 7.24. The topological polar surface area (TPSA) is 98.6 Å². The zero-order chi connectivity index (χ0) is 32.6. The SMILES string of the molecule is COc1nc2c(OCc3c(Cl)ccc(N(C)C(=O)CNC(=O)C=Cc4ccc(C=Cc5ccncc5)cc4)c3Cl)cccc2n1C. The van der Waals surface area contributed by atoms with E-state index in [0.717, 1.165) is 22.2 Å². The fourth-order valence-corrected chi connectivity index (χ4v) is 5.23. The van der Waals surface area contributed by atoms with Gasteiger partial charge < -0.3 is 19.7 Å². The highest BCUT2D eigenvalue weighted by Gasteiger charge is 2.20. The molecule has 1 N–H and O–H groups in total. The van der Waals surface area contributed by atoms with E-state index in [2.05, 4.69) is 15.3 Å². The number of para-hydroxylation sites is 1. The number of aromatic nitrogens is 3. The molecule has 3 aromatic carbocycles. The molecule has 5 aromatic rings. The third-order valence-corrected chi connectivity index (χ3v) is 8.02. The van der Waals surface area contributed by atoms with Crippen molar-refractivity contribution in [3.63, 3.8) is 0 Å². The number of likely N-dealkylation sites (N-methyl/N-ethyl adjacent to an activating group) is 1. The van der Waals surface area contributed by atoms with Crippen LogP contribution in [0.25, 0.3) is 29.3 Å². The number of carbonyl (C=O) groups excluding carboxylic acids is 2. The van der Waals surface area contributed by atoms with Crippen molar-refractivity contribution < 1.29 is 19.1 Å². The number of nitrogens with one attached hydrogen (secondary N) is 1. The van der Waals surface area contributed by atoms with Crippen LogP contribution in [0.3, 0.4) is 0 Å². The summed E-state index contributed by atoms with van der Waals surface area (Å²) in [6.45, 7) is -0.193. The number of carbonyl (C=O) groups is 2. The molecule has 0 fully saturated rings. The van der Waals surface area contributed by atoms with Crippen molar-refractivity contribution in [3.05, 3.63) is 117 Å². The fraction of sp³-hybridized carbons (Fsp3) is 0.143. The summed E-state index contributed by atoms with van der Waals surface area (Å²) < 4.78 is 13.2. The van der Waals surface area contributed by atoms with E-state index in [0.29, 0.717) is 33.6 Å². The summed E-state index contributed by atoms with van der Waals surface area (Å²) in [6.07, 6.45) is 10.6. The number of ether oxygens (including phenoxy) is 2. The van der Waals surface area contributed by atoms with Crippen LogP contribution >= 0.6 is 23.2 Å². The van der Waals surface area contributed by atoms with Crippen LogP contribution in [0.1, 0.15) is 22.3 Å². The molecule has 9 nitrogen and oxygen atoms in total. The number of anilines is 1. The van der Waals surface area contributed by atoms with E-state index in [9.17, 15) is 9.59 Å². The summed E-state index contributed by atoms with van der Waals surface area (Å²) in [7, 11) is 4.98. The van der Waals surface area contributed by atoms with Gasteiger partial charge in [-0.2, -0.15) is 4.98 Å². The monoisotopic (exact) mass is 655 g/mol. The molecule has 0 spiro atoms. The molecular weight excluding hydrogens is 625 g/mol. The van der Waals surface area contributed by atoms with Gasteiger partial charge in [0.2, 0.25) is 11.8 Å². The molecule has 2 aromatic heterocycles. The molecule has 46 heavy (non-hydrogen) atoms. The van der Waals surface area contributed by atoms with Crippen LogP contribution in [0.2, 0.25) is 10.0 Å². The molecule has 0 saturated carbocycles. The van der Waals surface area contributed by atoms with Crippen molar-refractivity contribution in [2.75, 3.05) is 25.6 Å². The van der Waals surface area contributed by atoms with E-state index >= 15 is 0 Å². The second-order valence-electron chi connectivity index (χ2n) is 10.2. The highest BCUT2D eigenvalue weighted by Crippen LogP contribution is 2.36. The lowest BCUT2D eigenvalue weighted by molar-refractivity contribution is -0.122. The van der Waals surface area contributed by atoms with Gasteiger partial charge in [0, 0.05) is 43.2 Å². The molecule has 234 valence electrons. The largest absolute Gasteiger partial charge is 0.486 e. The molecule has 0 aliphatic carbocycles. The number of imidazole rings is 1. The van der Waals surface area contributed by atoms with Gasteiger partial charge in [-0.1, -0.05) is 65.7 Å². The molecule has 0 aliphatic rings. The molecular formula is C35H31Cl2N5O4. The summed E-state index contributed by atoms with van der Waals surface area (Å²) in [4.78, 5) is 35.3. The minimum Gasteiger partial charge on any atom is -0.486 e. The summed E-state index contributed by atoms with van der Waals surface area (Å²) in [6, 6.07) is 20.9. The second kappa shape index (κ2) is 14.8. The summed E-state index contributed by atoms with van der Waals surface area (Å²) in [5, 5.41) is 3.28. The van der Waals surface area contributed by atoms with Gasteiger partial charge in [0.1, 0.15) is 17.9 Å². The number of fused-ring (bicyclic) bond motifs is 1. The number of aryl methyl sites for hydroxylation is 1. The molecule has 5 rings (SSSR count). The maximum Gasteiger partial charge on any atom is 0.296 e. The molecule has 11 heteroatoms. The first kappa shape index (κ1) is 32.3. The van der Waals surface area contributed by atoms with E-state index in [1.165, 1.54) is 11.0 Å².